The fourth-order valence-electron chi connectivity index (χ4n) is 2.71. The van der Waals surface area contributed by atoms with Crippen molar-refractivity contribution in [1.82, 2.24) is 9.97 Å². The van der Waals surface area contributed by atoms with E-state index >= 15 is 0 Å². The summed E-state index contributed by atoms with van der Waals surface area (Å²) in [7, 11) is 0. The van der Waals surface area contributed by atoms with Crippen molar-refractivity contribution in [3.63, 3.8) is 0 Å². The van der Waals surface area contributed by atoms with Gasteiger partial charge in [-0.3, -0.25) is 4.99 Å². The molecule has 1 aliphatic heterocycles. The lowest BCUT2D eigenvalue weighted by Gasteiger charge is -2.06. The molecule has 0 fully saturated rings. The summed E-state index contributed by atoms with van der Waals surface area (Å²) in [4.78, 5) is 13.9. The van der Waals surface area contributed by atoms with E-state index in [-0.39, 0.29) is 6.04 Å². The van der Waals surface area contributed by atoms with Crippen molar-refractivity contribution in [2.75, 3.05) is 5.75 Å². The second-order valence-electron chi connectivity index (χ2n) is 5.72. The van der Waals surface area contributed by atoms with E-state index in [1.807, 2.05) is 60.6 Å². The third kappa shape index (κ3) is 3.39. The summed E-state index contributed by atoms with van der Waals surface area (Å²) >= 11 is 1.84. The molecule has 1 aromatic heterocycles. The van der Waals surface area contributed by atoms with Crippen molar-refractivity contribution in [2.24, 2.45) is 4.99 Å². The minimum absolute atomic E-state index is 0.165. The van der Waals surface area contributed by atoms with Crippen LogP contribution in [0.3, 0.4) is 0 Å². The smallest absolute Gasteiger partial charge is 0.159 e. The maximum Gasteiger partial charge on any atom is 0.159 e. The normalized spacial score (nSPS) is 16.8. The van der Waals surface area contributed by atoms with Crippen molar-refractivity contribution in [3.05, 3.63) is 84.2 Å². The van der Waals surface area contributed by atoms with Crippen LogP contribution in [0.25, 0.3) is 11.4 Å². The van der Waals surface area contributed by atoms with Crippen LogP contribution in [-0.2, 0) is 6.42 Å². The van der Waals surface area contributed by atoms with Gasteiger partial charge in [0.05, 0.1) is 11.1 Å². The molecular formula is C20H17N3S. The monoisotopic (exact) mass is 331 g/mol. The zero-order chi connectivity index (χ0) is 16.2. The maximum atomic E-state index is 4.86. The van der Waals surface area contributed by atoms with Crippen molar-refractivity contribution in [1.29, 1.82) is 0 Å². The molecule has 1 aliphatic rings. The molecule has 2 aromatic carbocycles. The molecule has 0 bridgehead atoms. The third-order valence-corrected chi connectivity index (χ3v) is 5.06. The van der Waals surface area contributed by atoms with Gasteiger partial charge < -0.3 is 0 Å². The number of aliphatic imine (C=N–C) groups is 1. The quantitative estimate of drug-likeness (QED) is 0.703. The second-order valence-corrected chi connectivity index (χ2v) is 6.81. The molecule has 2 heterocycles. The molecule has 0 spiro atoms. The van der Waals surface area contributed by atoms with Gasteiger partial charge in [0, 0.05) is 35.7 Å². The van der Waals surface area contributed by atoms with E-state index in [0.717, 1.165) is 29.1 Å². The van der Waals surface area contributed by atoms with Gasteiger partial charge in [0.1, 0.15) is 0 Å². The molecule has 3 nitrogen and oxygen atoms in total. The van der Waals surface area contributed by atoms with Crippen LogP contribution >= 0.6 is 11.8 Å². The molecule has 0 radical (unpaired) electrons. The SMILES string of the molecule is c1ccc(CC2=NC(c3cnc(-c4ccccc4)nc3)CS2)cc1. The number of aromatic nitrogens is 2. The lowest BCUT2D eigenvalue weighted by molar-refractivity contribution is 0.830. The van der Waals surface area contributed by atoms with Gasteiger partial charge in [0.15, 0.2) is 5.82 Å². The molecule has 4 heteroatoms. The Labute approximate surface area is 145 Å². The van der Waals surface area contributed by atoms with E-state index in [1.54, 1.807) is 0 Å². The first-order chi connectivity index (χ1) is 11.9. The molecule has 24 heavy (non-hydrogen) atoms. The van der Waals surface area contributed by atoms with Crippen molar-refractivity contribution in [3.8, 4) is 11.4 Å². The zero-order valence-corrected chi connectivity index (χ0v) is 14.0. The molecule has 0 N–H and O–H groups in total. The molecular weight excluding hydrogens is 314 g/mol. The van der Waals surface area contributed by atoms with Crippen molar-refractivity contribution in [2.45, 2.75) is 12.5 Å². The lowest BCUT2D eigenvalue weighted by Crippen LogP contribution is -1.98. The van der Waals surface area contributed by atoms with Crippen LogP contribution in [0.15, 0.2) is 78.0 Å². The number of rotatable bonds is 4. The summed E-state index contributed by atoms with van der Waals surface area (Å²) < 4.78 is 0. The van der Waals surface area contributed by atoms with E-state index in [4.69, 9.17) is 4.99 Å². The number of hydrogen-bond acceptors (Lipinski definition) is 4. The lowest BCUT2D eigenvalue weighted by atomic mass is 10.1. The van der Waals surface area contributed by atoms with Crippen LogP contribution in [0.2, 0.25) is 0 Å². The predicted octanol–water partition coefficient (Wildman–Crippen LogP) is 4.57. The Morgan fingerprint density at radius 3 is 2.25 bits per heavy atom. The first-order valence-electron chi connectivity index (χ1n) is 7.99. The molecule has 4 rings (SSSR count). The summed E-state index contributed by atoms with van der Waals surface area (Å²) in [5.41, 5.74) is 3.43. The van der Waals surface area contributed by atoms with Crippen LogP contribution < -0.4 is 0 Å². The highest BCUT2D eigenvalue weighted by atomic mass is 32.2. The molecule has 1 atom stereocenters. The summed E-state index contributed by atoms with van der Waals surface area (Å²) in [5.74, 6) is 1.73. The largest absolute Gasteiger partial charge is 0.273 e. The zero-order valence-electron chi connectivity index (χ0n) is 13.2. The Kier molecular flexibility index (Phi) is 4.38. The third-order valence-electron chi connectivity index (χ3n) is 3.99. The van der Waals surface area contributed by atoms with Crippen molar-refractivity contribution >= 4 is 16.8 Å². The fourth-order valence-corrected chi connectivity index (χ4v) is 3.80. The van der Waals surface area contributed by atoms with Crippen molar-refractivity contribution < 1.29 is 0 Å². The Morgan fingerprint density at radius 2 is 1.54 bits per heavy atom. The van der Waals surface area contributed by atoms with E-state index in [9.17, 15) is 0 Å². The Balaban J connectivity index is 1.48. The minimum atomic E-state index is 0.165. The summed E-state index contributed by atoms with van der Waals surface area (Å²) in [6.45, 7) is 0. The second kappa shape index (κ2) is 6.97. The predicted molar refractivity (Wildman–Crippen MR) is 100 cm³/mol. The number of benzene rings is 2. The Morgan fingerprint density at radius 1 is 0.875 bits per heavy atom. The average Bonchev–Trinajstić information content (AvgIpc) is 3.12. The Bertz CT molecular complexity index is 830. The van der Waals surface area contributed by atoms with Crippen LogP contribution in [0, 0.1) is 0 Å². The van der Waals surface area contributed by atoms with Gasteiger partial charge in [-0.25, -0.2) is 9.97 Å². The minimum Gasteiger partial charge on any atom is -0.273 e. The van der Waals surface area contributed by atoms with Crippen LogP contribution in [-0.4, -0.2) is 20.8 Å². The van der Waals surface area contributed by atoms with Gasteiger partial charge in [-0.15, -0.1) is 11.8 Å². The maximum absolute atomic E-state index is 4.86. The van der Waals surface area contributed by atoms with Crippen LogP contribution in [0.4, 0.5) is 0 Å². The fraction of sp³-hybridized carbons (Fsp3) is 0.150. The summed E-state index contributed by atoms with van der Waals surface area (Å²) in [6.07, 6.45) is 4.73. The number of hydrogen-bond donors (Lipinski definition) is 0. The standard InChI is InChI=1S/C20H17N3S/c1-3-7-15(8-4-1)11-19-23-18(14-24-19)17-12-21-20(22-13-17)16-9-5-2-6-10-16/h1-10,12-13,18H,11,14H2. The van der Waals surface area contributed by atoms with Gasteiger partial charge in [0.25, 0.3) is 0 Å². The topological polar surface area (TPSA) is 38.1 Å². The van der Waals surface area contributed by atoms with Gasteiger partial charge in [-0.05, 0) is 5.56 Å². The van der Waals surface area contributed by atoms with Crippen LogP contribution in [0.1, 0.15) is 17.2 Å². The molecule has 118 valence electrons. The van der Waals surface area contributed by atoms with Gasteiger partial charge >= 0.3 is 0 Å². The summed E-state index contributed by atoms with van der Waals surface area (Å²) in [5, 5.41) is 1.19. The Hall–Kier alpha value is -2.46. The van der Waals surface area contributed by atoms with E-state index < -0.39 is 0 Å². The van der Waals surface area contributed by atoms with Gasteiger partial charge in [-0.1, -0.05) is 60.7 Å². The molecule has 3 aromatic rings. The van der Waals surface area contributed by atoms with E-state index in [0.29, 0.717) is 0 Å². The highest BCUT2D eigenvalue weighted by Gasteiger charge is 2.20. The molecule has 0 aliphatic carbocycles. The highest BCUT2D eigenvalue weighted by molar-refractivity contribution is 8.14. The molecule has 1 unspecified atom stereocenters. The van der Waals surface area contributed by atoms with E-state index in [2.05, 4.69) is 34.2 Å². The summed E-state index contributed by atoms with van der Waals surface area (Å²) in [6, 6.07) is 20.7. The molecule has 0 amide bonds. The molecule has 0 saturated carbocycles. The first kappa shape index (κ1) is 15.1. The number of nitrogens with zero attached hydrogens (tertiary/aromatic N) is 3. The van der Waals surface area contributed by atoms with Gasteiger partial charge in [-0.2, -0.15) is 0 Å². The molecule has 0 saturated heterocycles. The number of thioether (sulfide) groups is 1. The van der Waals surface area contributed by atoms with E-state index in [1.165, 1.54) is 10.6 Å². The van der Waals surface area contributed by atoms with Crippen LogP contribution in [0.5, 0.6) is 0 Å². The van der Waals surface area contributed by atoms with Gasteiger partial charge in [0.2, 0.25) is 0 Å². The highest BCUT2D eigenvalue weighted by Crippen LogP contribution is 2.31. The average molecular weight is 331 g/mol. The first-order valence-corrected chi connectivity index (χ1v) is 8.98.